The maximum atomic E-state index is 12.1. The highest BCUT2D eigenvalue weighted by atomic mass is 32.2. The molecule has 9 heteroatoms. The number of amides is 2. The minimum absolute atomic E-state index is 0.00505. The molecule has 0 saturated carbocycles. The number of ether oxygens (including phenoxy) is 1. The van der Waals surface area contributed by atoms with Crippen molar-refractivity contribution in [3.63, 3.8) is 0 Å². The van der Waals surface area contributed by atoms with Gasteiger partial charge in [-0.15, -0.1) is 6.42 Å². The highest BCUT2D eigenvalue weighted by Gasteiger charge is 2.17. The van der Waals surface area contributed by atoms with Gasteiger partial charge in [-0.25, -0.2) is 13.2 Å². The fraction of sp³-hybridized carbons (Fsp3) is 0.150. The van der Waals surface area contributed by atoms with Gasteiger partial charge < -0.3 is 4.74 Å². The summed E-state index contributed by atoms with van der Waals surface area (Å²) in [5.41, 5.74) is 0.656. The van der Waals surface area contributed by atoms with Gasteiger partial charge in [-0.3, -0.25) is 14.9 Å². The van der Waals surface area contributed by atoms with Crippen LogP contribution in [0, 0.1) is 12.3 Å². The smallest absolute Gasteiger partial charge is 0.338 e. The number of nitrogens with one attached hydrogen (secondary N) is 2. The van der Waals surface area contributed by atoms with Gasteiger partial charge in [-0.1, -0.05) is 42.3 Å². The standard InChI is InChI=1S/C20H18N2O6S/c1-2-11-21-29(26,27)17-10-6-9-16(13-17)20(25)28-14-19(24)22-18(23)12-15-7-4-3-5-8-15/h1,3-10,13,21H,11-12,14H2,(H,22,23,24). The van der Waals surface area contributed by atoms with Crippen LogP contribution in [-0.4, -0.2) is 39.4 Å². The van der Waals surface area contributed by atoms with Crippen molar-refractivity contribution in [2.45, 2.75) is 11.3 Å². The number of hydrogen-bond donors (Lipinski definition) is 2. The van der Waals surface area contributed by atoms with Crippen LogP contribution < -0.4 is 10.0 Å². The second-order valence-electron chi connectivity index (χ2n) is 5.77. The Balaban J connectivity index is 1.90. The maximum Gasteiger partial charge on any atom is 0.338 e. The van der Waals surface area contributed by atoms with E-state index in [0.717, 1.165) is 11.6 Å². The van der Waals surface area contributed by atoms with Gasteiger partial charge in [0.15, 0.2) is 6.61 Å². The molecule has 2 rings (SSSR count). The summed E-state index contributed by atoms with van der Waals surface area (Å²) in [7, 11) is -3.88. The average Bonchev–Trinajstić information content (AvgIpc) is 2.71. The molecule has 0 saturated heterocycles. The Labute approximate surface area is 168 Å². The van der Waals surface area contributed by atoms with Crippen LogP contribution in [-0.2, 0) is 30.8 Å². The van der Waals surface area contributed by atoms with E-state index in [1.807, 2.05) is 0 Å². The van der Waals surface area contributed by atoms with E-state index in [9.17, 15) is 22.8 Å². The molecule has 2 aromatic carbocycles. The summed E-state index contributed by atoms with van der Waals surface area (Å²) >= 11 is 0. The maximum absolute atomic E-state index is 12.1. The van der Waals surface area contributed by atoms with Crippen LogP contribution >= 0.6 is 0 Å². The third-order valence-corrected chi connectivity index (χ3v) is 4.96. The molecule has 0 aromatic heterocycles. The molecule has 0 radical (unpaired) electrons. The fourth-order valence-electron chi connectivity index (χ4n) is 2.24. The van der Waals surface area contributed by atoms with Crippen molar-refractivity contribution in [1.29, 1.82) is 0 Å². The van der Waals surface area contributed by atoms with E-state index in [0.29, 0.717) is 0 Å². The van der Waals surface area contributed by atoms with Crippen LogP contribution in [0.4, 0.5) is 0 Å². The molecule has 0 aliphatic carbocycles. The number of sulfonamides is 1. The van der Waals surface area contributed by atoms with E-state index in [2.05, 4.69) is 16.0 Å². The molecule has 0 atom stereocenters. The van der Waals surface area contributed by atoms with E-state index in [4.69, 9.17) is 11.2 Å². The lowest BCUT2D eigenvalue weighted by Gasteiger charge is -2.08. The zero-order valence-electron chi connectivity index (χ0n) is 15.3. The molecule has 0 spiro atoms. The Morgan fingerprint density at radius 3 is 2.41 bits per heavy atom. The van der Waals surface area contributed by atoms with Gasteiger partial charge >= 0.3 is 5.97 Å². The van der Waals surface area contributed by atoms with E-state index in [1.54, 1.807) is 30.3 Å². The molecule has 0 bridgehead atoms. The summed E-state index contributed by atoms with van der Waals surface area (Å²) in [5.74, 6) is -0.102. The summed E-state index contributed by atoms with van der Waals surface area (Å²) in [6.45, 7) is -0.889. The lowest BCUT2D eigenvalue weighted by molar-refractivity contribution is -0.132. The SMILES string of the molecule is C#CCNS(=O)(=O)c1cccc(C(=O)OCC(=O)NC(=O)Cc2ccccc2)c1. The molecule has 0 fully saturated rings. The fourth-order valence-corrected chi connectivity index (χ4v) is 3.22. The Morgan fingerprint density at radius 2 is 1.72 bits per heavy atom. The second kappa shape index (κ2) is 10.2. The van der Waals surface area contributed by atoms with Gasteiger partial charge in [0.1, 0.15) is 0 Å². The first-order valence-electron chi connectivity index (χ1n) is 8.39. The Hall–Kier alpha value is -3.48. The predicted octanol–water partition coefficient (Wildman–Crippen LogP) is 0.640. The molecule has 150 valence electrons. The highest BCUT2D eigenvalue weighted by molar-refractivity contribution is 7.89. The number of hydrogen-bond acceptors (Lipinski definition) is 6. The molecule has 0 aliphatic heterocycles. The van der Waals surface area contributed by atoms with Gasteiger partial charge in [0.2, 0.25) is 15.9 Å². The van der Waals surface area contributed by atoms with Crippen molar-refractivity contribution >= 4 is 27.8 Å². The van der Waals surface area contributed by atoms with E-state index in [1.165, 1.54) is 18.2 Å². The topological polar surface area (TPSA) is 119 Å². The van der Waals surface area contributed by atoms with Gasteiger partial charge in [-0.2, -0.15) is 4.72 Å². The predicted molar refractivity (Wildman–Crippen MR) is 104 cm³/mol. The van der Waals surface area contributed by atoms with Crippen molar-refractivity contribution in [2.75, 3.05) is 13.2 Å². The monoisotopic (exact) mass is 414 g/mol. The molecule has 0 aliphatic rings. The number of benzene rings is 2. The lowest BCUT2D eigenvalue weighted by atomic mass is 10.1. The Bertz CT molecular complexity index is 1040. The largest absolute Gasteiger partial charge is 0.452 e. The number of carbonyl (C=O) groups excluding carboxylic acids is 3. The van der Waals surface area contributed by atoms with Crippen molar-refractivity contribution in [1.82, 2.24) is 10.0 Å². The van der Waals surface area contributed by atoms with Gasteiger partial charge in [0.25, 0.3) is 5.91 Å². The average molecular weight is 414 g/mol. The van der Waals surface area contributed by atoms with Gasteiger partial charge in [0.05, 0.1) is 23.4 Å². The van der Waals surface area contributed by atoms with Crippen LogP contribution in [0.25, 0.3) is 0 Å². The minimum atomic E-state index is -3.88. The van der Waals surface area contributed by atoms with E-state index in [-0.39, 0.29) is 23.4 Å². The van der Waals surface area contributed by atoms with Crippen LogP contribution in [0.15, 0.2) is 59.5 Å². The van der Waals surface area contributed by atoms with Crippen LogP contribution in [0.2, 0.25) is 0 Å². The van der Waals surface area contributed by atoms with Crippen molar-refractivity contribution in [3.05, 3.63) is 65.7 Å². The molecule has 2 amide bonds. The molecule has 29 heavy (non-hydrogen) atoms. The summed E-state index contributed by atoms with van der Waals surface area (Å²) in [4.78, 5) is 35.5. The number of esters is 1. The van der Waals surface area contributed by atoms with Crippen LogP contribution in [0.1, 0.15) is 15.9 Å². The van der Waals surface area contributed by atoms with Crippen molar-refractivity contribution in [2.24, 2.45) is 0 Å². The molecular weight excluding hydrogens is 396 g/mol. The number of terminal acetylenes is 1. The van der Waals surface area contributed by atoms with Gasteiger partial charge in [0, 0.05) is 0 Å². The summed E-state index contributed by atoms with van der Waals surface area (Å²) in [5, 5.41) is 2.11. The molecule has 2 aromatic rings. The normalized spacial score (nSPS) is 10.6. The second-order valence-corrected chi connectivity index (χ2v) is 7.53. The van der Waals surface area contributed by atoms with Crippen LogP contribution in [0.3, 0.4) is 0 Å². The van der Waals surface area contributed by atoms with Crippen molar-refractivity contribution < 1.29 is 27.5 Å². The number of carbonyl (C=O) groups is 3. The zero-order chi connectivity index (χ0) is 21.3. The third kappa shape index (κ3) is 6.88. The molecule has 8 nitrogen and oxygen atoms in total. The lowest BCUT2D eigenvalue weighted by Crippen LogP contribution is -2.35. The Morgan fingerprint density at radius 1 is 1.00 bits per heavy atom. The summed E-state index contributed by atoms with van der Waals surface area (Å²) in [6, 6.07) is 13.9. The van der Waals surface area contributed by atoms with Gasteiger partial charge in [-0.05, 0) is 23.8 Å². The van der Waals surface area contributed by atoms with E-state index < -0.39 is 34.4 Å². The minimum Gasteiger partial charge on any atom is -0.452 e. The summed E-state index contributed by atoms with van der Waals surface area (Å²) in [6.07, 6.45) is 5.03. The quantitative estimate of drug-likeness (QED) is 0.483. The first-order chi connectivity index (χ1) is 13.8. The first-order valence-corrected chi connectivity index (χ1v) is 9.87. The summed E-state index contributed by atoms with van der Waals surface area (Å²) < 4.78 is 31.1. The number of imide groups is 1. The highest BCUT2D eigenvalue weighted by Crippen LogP contribution is 2.12. The van der Waals surface area contributed by atoms with Crippen LogP contribution in [0.5, 0.6) is 0 Å². The molecule has 2 N–H and O–H groups in total. The number of rotatable bonds is 8. The molecule has 0 heterocycles. The zero-order valence-corrected chi connectivity index (χ0v) is 16.1. The third-order valence-electron chi connectivity index (χ3n) is 3.56. The molecule has 0 unspecified atom stereocenters. The first kappa shape index (κ1) is 21.8. The Kier molecular flexibility index (Phi) is 7.65. The van der Waals surface area contributed by atoms with Crippen molar-refractivity contribution in [3.8, 4) is 12.3 Å². The molecular formula is C20H18N2O6S. The van der Waals surface area contributed by atoms with E-state index >= 15 is 0 Å².